The minimum absolute atomic E-state index is 0.427. The van der Waals surface area contributed by atoms with Gasteiger partial charge in [-0.25, -0.2) is 0 Å². The van der Waals surface area contributed by atoms with Gasteiger partial charge in [0.25, 0.3) is 0 Å². The van der Waals surface area contributed by atoms with Crippen LogP contribution < -0.4 is 0 Å². The van der Waals surface area contributed by atoms with Crippen molar-refractivity contribution in [1.29, 1.82) is 0 Å². The zero-order chi connectivity index (χ0) is 25.5. The van der Waals surface area contributed by atoms with Crippen LogP contribution in [0.1, 0.15) is 122 Å². The fourth-order valence-corrected chi connectivity index (χ4v) is 13.3. The summed E-state index contributed by atoms with van der Waals surface area (Å²) in [5, 5.41) is 0. The van der Waals surface area contributed by atoms with Gasteiger partial charge in [-0.15, -0.1) is 0 Å². The van der Waals surface area contributed by atoms with Crippen LogP contribution in [0.4, 0.5) is 0 Å². The molecule has 0 saturated heterocycles. The van der Waals surface area contributed by atoms with E-state index in [2.05, 4.69) is 90.0 Å². The van der Waals surface area contributed by atoms with Crippen LogP contribution in [0, 0.1) is 93.2 Å². The molecule has 4 saturated carbocycles. The van der Waals surface area contributed by atoms with Gasteiger partial charge in [-0.1, -0.05) is 103 Å². The van der Waals surface area contributed by atoms with E-state index in [-0.39, 0.29) is 0 Å². The summed E-state index contributed by atoms with van der Waals surface area (Å²) < 4.78 is 0. The summed E-state index contributed by atoms with van der Waals surface area (Å²) in [4.78, 5) is 0. The van der Waals surface area contributed by atoms with Crippen LogP contribution in [0.2, 0.25) is 0 Å². The zero-order valence-electron chi connectivity index (χ0n) is 25.5. The fourth-order valence-electron chi connectivity index (χ4n) is 13.3. The molecule has 0 bridgehead atoms. The van der Waals surface area contributed by atoms with Crippen molar-refractivity contribution in [2.75, 3.05) is 0 Å². The maximum atomic E-state index is 2.84. The largest absolute Gasteiger partial charge is 0.0628 e. The summed E-state index contributed by atoms with van der Waals surface area (Å²) in [6.45, 7) is 34.7. The van der Waals surface area contributed by atoms with Crippen molar-refractivity contribution in [3.05, 3.63) is 0 Å². The van der Waals surface area contributed by atoms with Crippen molar-refractivity contribution >= 4 is 0 Å². The molecule has 4 rings (SSSR count). The highest BCUT2D eigenvalue weighted by Gasteiger charge is 2.73. The lowest BCUT2D eigenvalue weighted by Crippen LogP contribution is -2.72. The van der Waals surface area contributed by atoms with Gasteiger partial charge in [0.05, 0.1) is 0 Å². The van der Waals surface area contributed by atoms with E-state index in [1.54, 1.807) is 0 Å². The molecule has 0 aliphatic heterocycles. The molecule has 34 heavy (non-hydrogen) atoms. The van der Waals surface area contributed by atoms with Gasteiger partial charge in [0.15, 0.2) is 0 Å². The molecule has 4 aliphatic rings. The number of hydrogen-bond acceptors (Lipinski definition) is 0. The standard InChI is InChI=1S/C34H62/c1-19(2)17-28-32(11)18-22(6)29(20(3)4)25(9)34(32,13)26(10)31-23(7)30-21(5)15-14-16-27(30)24(8)33(28,31)12/h19-31H,14-18H2,1-13H3. The molecule has 0 spiro atoms. The van der Waals surface area contributed by atoms with E-state index in [0.717, 1.165) is 76.9 Å². The molecule has 0 amide bonds. The van der Waals surface area contributed by atoms with Crippen molar-refractivity contribution in [3.8, 4) is 0 Å². The highest BCUT2D eigenvalue weighted by atomic mass is 14.8. The monoisotopic (exact) mass is 470 g/mol. The molecule has 0 heteroatoms. The number of hydrogen-bond donors (Lipinski definition) is 0. The van der Waals surface area contributed by atoms with Crippen molar-refractivity contribution in [2.45, 2.75) is 122 Å². The molecule has 4 fully saturated rings. The average molecular weight is 471 g/mol. The molecular weight excluding hydrogens is 408 g/mol. The van der Waals surface area contributed by atoms with E-state index < -0.39 is 0 Å². The Balaban J connectivity index is 1.93. The highest BCUT2D eigenvalue weighted by Crippen LogP contribution is 2.78. The molecule has 4 aliphatic carbocycles. The first-order valence-corrected chi connectivity index (χ1v) is 15.7. The lowest BCUT2D eigenvalue weighted by atomic mass is 9.27. The quantitative estimate of drug-likeness (QED) is 0.385. The third-order valence-electron chi connectivity index (χ3n) is 14.5. The van der Waals surface area contributed by atoms with Crippen LogP contribution in [0.25, 0.3) is 0 Å². The van der Waals surface area contributed by atoms with Gasteiger partial charge in [-0.3, -0.25) is 0 Å². The van der Waals surface area contributed by atoms with Gasteiger partial charge < -0.3 is 0 Å². The van der Waals surface area contributed by atoms with Crippen LogP contribution in [0.5, 0.6) is 0 Å². The van der Waals surface area contributed by atoms with Crippen LogP contribution in [0.15, 0.2) is 0 Å². The number of fused-ring (bicyclic) bond motifs is 3. The smallest absolute Gasteiger partial charge is 0.0212 e. The van der Waals surface area contributed by atoms with E-state index in [1.165, 1.54) is 32.1 Å². The fraction of sp³-hybridized carbons (Fsp3) is 1.00. The Bertz CT molecular complexity index is 734. The molecule has 14 unspecified atom stereocenters. The Morgan fingerprint density at radius 1 is 0.765 bits per heavy atom. The first kappa shape index (κ1) is 27.0. The topological polar surface area (TPSA) is 0 Å². The highest BCUT2D eigenvalue weighted by molar-refractivity contribution is 5.20. The first-order chi connectivity index (χ1) is 15.7. The van der Waals surface area contributed by atoms with Crippen LogP contribution >= 0.6 is 0 Å². The lowest BCUT2D eigenvalue weighted by molar-refractivity contribution is -0.296. The predicted octanol–water partition coefficient (Wildman–Crippen LogP) is 10.2. The third-order valence-corrected chi connectivity index (χ3v) is 14.5. The molecule has 198 valence electrons. The normalized spacial score (nSPS) is 57.8. The second-order valence-electron chi connectivity index (χ2n) is 16.2. The summed E-state index contributed by atoms with van der Waals surface area (Å²) in [7, 11) is 0. The summed E-state index contributed by atoms with van der Waals surface area (Å²) >= 11 is 0. The maximum absolute atomic E-state index is 2.84. The Kier molecular flexibility index (Phi) is 6.99. The van der Waals surface area contributed by atoms with Gasteiger partial charge in [0.1, 0.15) is 0 Å². The van der Waals surface area contributed by atoms with Crippen LogP contribution in [-0.4, -0.2) is 0 Å². The van der Waals surface area contributed by atoms with Gasteiger partial charge in [-0.2, -0.15) is 0 Å². The van der Waals surface area contributed by atoms with Crippen molar-refractivity contribution in [2.24, 2.45) is 93.2 Å². The third kappa shape index (κ3) is 3.34. The minimum atomic E-state index is 0.427. The van der Waals surface area contributed by atoms with Gasteiger partial charge in [0.2, 0.25) is 0 Å². The van der Waals surface area contributed by atoms with E-state index in [9.17, 15) is 0 Å². The average Bonchev–Trinajstić information content (AvgIpc) is 2.72. The molecule has 0 N–H and O–H groups in total. The van der Waals surface area contributed by atoms with Crippen molar-refractivity contribution < 1.29 is 0 Å². The molecule has 0 nitrogen and oxygen atoms in total. The van der Waals surface area contributed by atoms with Gasteiger partial charge in [0, 0.05) is 0 Å². The molecule has 14 atom stereocenters. The molecule has 0 aromatic heterocycles. The van der Waals surface area contributed by atoms with Gasteiger partial charge in [-0.05, 0) is 112 Å². The van der Waals surface area contributed by atoms with E-state index in [0.29, 0.717) is 16.2 Å². The second-order valence-corrected chi connectivity index (χ2v) is 16.2. The van der Waals surface area contributed by atoms with Gasteiger partial charge >= 0.3 is 0 Å². The predicted molar refractivity (Wildman–Crippen MR) is 150 cm³/mol. The zero-order valence-corrected chi connectivity index (χ0v) is 25.5. The Hall–Kier alpha value is 0. The molecule has 0 aromatic carbocycles. The lowest BCUT2D eigenvalue weighted by Gasteiger charge is -2.77. The first-order valence-electron chi connectivity index (χ1n) is 15.7. The second kappa shape index (κ2) is 8.79. The van der Waals surface area contributed by atoms with Crippen molar-refractivity contribution in [3.63, 3.8) is 0 Å². The number of rotatable bonds is 3. The van der Waals surface area contributed by atoms with Crippen molar-refractivity contribution in [1.82, 2.24) is 0 Å². The summed E-state index contributed by atoms with van der Waals surface area (Å²) in [6, 6.07) is 0. The Morgan fingerprint density at radius 2 is 1.38 bits per heavy atom. The summed E-state index contributed by atoms with van der Waals surface area (Å²) in [5.74, 6) is 11.2. The Morgan fingerprint density at radius 3 is 1.94 bits per heavy atom. The molecule has 0 aromatic rings. The molecular formula is C34H62. The molecule has 0 radical (unpaired) electrons. The van der Waals surface area contributed by atoms with E-state index in [1.807, 2.05) is 0 Å². The Labute approximate surface area is 215 Å². The van der Waals surface area contributed by atoms with E-state index in [4.69, 9.17) is 0 Å². The van der Waals surface area contributed by atoms with Crippen LogP contribution in [-0.2, 0) is 0 Å². The molecule has 0 heterocycles. The van der Waals surface area contributed by atoms with E-state index >= 15 is 0 Å². The summed E-state index contributed by atoms with van der Waals surface area (Å²) in [5.41, 5.74) is 1.34. The van der Waals surface area contributed by atoms with Crippen LogP contribution in [0.3, 0.4) is 0 Å². The minimum Gasteiger partial charge on any atom is -0.0628 e. The SMILES string of the molecule is CC(C)CC1C2(C)C(C)C3CCCC(C)C3C(C)C2C(C)C2(C)C(C)C(C(C)C)C(C)CC12C. The summed E-state index contributed by atoms with van der Waals surface area (Å²) in [6.07, 6.45) is 7.34. The maximum Gasteiger partial charge on any atom is -0.0212 e.